The summed E-state index contributed by atoms with van der Waals surface area (Å²) in [6, 6.07) is 8.82. The molecule has 0 atom stereocenters. The van der Waals surface area contributed by atoms with Gasteiger partial charge in [0.05, 0.1) is 0 Å². The van der Waals surface area contributed by atoms with Crippen LogP contribution in [-0.4, -0.2) is 42.6 Å². The number of nitrogens with one attached hydrogen (secondary N) is 1. The predicted octanol–water partition coefficient (Wildman–Crippen LogP) is 6.21. The molecule has 1 fully saturated rings. The summed E-state index contributed by atoms with van der Waals surface area (Å²) in [5, 5.41) is 1.36. The van der Waals surface area contributed by atoms with Crippen LogP contribution in [0.5, 0.6) is 0 Å². The fraction of sp³-hybridized carbons (Fsp3) is 0.667. The van der Waals surface area contributed by atoms with Crippen molar-refractivity contribution < 1.29 is 0 Å². The Morgan fingerprint density at radius 1 is 0.778 bits per heavy atom. The molecule has 0 unspecified atom stereocenters. The molecule has 0 amide bonds. The molecule has 1 aromatic carbocycles. The molecule has 1 aromatic heterocycles. The summed E-state index contributed by atoms with van der Waals surface area (Å²) in [6.07, 6.45) is 16.3. The summed E-state index contributed by atoms with van der Waals surface area (Å²) in [4.78, 5) is 8.56. The van der Waals surface area contributed by atoms with Crippen molar-refractivity contribution in [3.05, 3.63) is 30.5 Å². The molecular weight excluding hydrogens is 330 g/mol. The van der Waals surface area contributed by atoms with Gasteiger partial charge in [-0.3, -0.25) is 4.90 Å². The lowest BCUT2D eigenvalue weighted by molar-refractivity contribution is 0.252. The van der Waals surface area contributed by atoms with E-state index in [0.717, 1.165) is 13.1 Å². The van der Waals surface area contributed by atoms with Crippen LogP contribution in [0.25, 0.3) is 10.9 Å². The molecule has 1 aliphatic rings. The van der Waals surface area contributed by atoms with E-state index < -0.39 is 0 Å². The molecule has 150 valence electrons. The first-order valence-corrected chi connectivity index (χ1v) is 11.4. The van der Waals surface area contributed by atoms with Gasteiger partial charge in [-0.25, -0.2) is 0 Å². The molecule has 1 saturated heterocycles. The Kier molecular flexibility index (Phi) is 8.54. The minimum absolute atomic E-state index is 1.15. The molecule has 2 aromatic rings. The van der Waals surface area contributed by atoms with Gasteiger partial charge < -0.3 is 9.88 Å². The van der Waals surface area contributed by atoms with E-state index in [-0.39, 0.29) is 0 Å². The molecule has 0 radical (unpaired) electrons. The zero-order chi connectivity index (χ0) is 18.7. The number of anilines is 1. The predicted molar refractivity (Wildman–Crippen MR) is 119 cm³/mol. The van der Waals surface area contributed by atoms with Crippen molar-refractivity contribution in [2.45, 2.75) is 71.1 Å². The van der Waals surface area contributed by atoms with Crippen LogP contribution in [0.4, 0.5) is 5.69 Å². The van der Waals surface area contributed by atoms with Crippen molar-refractivity contribution in [3.8, 4) is 0 Å². The van der Waals surface area contributed by atoms with Gasteiger partial charge in [0, 0.05) is 49.0 Å². The quantitative estimate of drug-likeness (QED) is 0.449. The Labute approximate surface area is 166 Å². The fourth-order valence-corrected chi connectivity index (χ4v) is 4.38. The second kappa shape index (κ2) is 11.4. The highest BCUT2D eigenvalue weighted by atomic mass is 15.3. The second-order valence-electron chi connectivity index (χ2n) is 8.23. The summed E-state index contributed by atoms with van der Waals surface area (Å²) in [7, 11) is 0. The number of H-pyrrole nitrogens is 1. The summed E-state index contributed by atoms with van der Waals surface area (Å²) in [5.74, 6) is 0. The van der Waals surface area contributed by atoms with Crippen molar-refractivity contribution in [2.75, 3.05) is 37.6 Å². The number of fused-ring (bicyclic) bond motifs is 1. The number of unbranched alkanes of at least 4 members (excludes halogenated alkanes) is 9. The first kappa shape index (κ1) is 20.3. The molecule has 0 spiro atoms. The van der Waals surface area contributed by atoms with Crippen LogP contribution in [0.15, 0.2) is 30.5 Å². The van der Waals surface area contributed by atoms with E-state index in [1.807, 2.05) is 0 Å². The molecule has 1 aliphatic heterocycles. The number of nitrogens with zero attached hydrogens (tertiary/aromatic N) is 2. The van der Waals surface area contributed by atoms with Gasteiger partial charge in [0.1, 0.15) is 0 Å². The number of piperazine rings is 1. The van der Waals surface area contributed by atoms with Crippen LogP contribution in [-0.2, 0) is 0 Å². The lowest BCUT2D eigenvalue weighted by atomic mass is 10.1. The fourth-order valence-electron chi connectivity index (χ4n) is 4.38. The highest BCUT2D eigenvalue weighted by molar-refractivity contribution is 5.92. The van der Waals surface area contributed by atoms with Gasteiger partial charge in [0.25, 0.3) is 0 Å². The van der Waals surface area contributed by atoms with Crippen LogP contribution < -0.4 is 4.90 Å². The van der Waals surface area contributed by atoms with Crippen molar-refractivity contribution in [3.63, 3.8) is 0 Å². The zero-order valence-corrected chi connectivity index (χ0v) is 17.4. The van der Waals surface area contributed by atoms with Crippen LogP contribution in [0.3, 0.4) is 0 Å². The lowest BCUT2D eigenvalue weighted by Crippen LogP contribution is -2.46. The summed E-state index contributed by atoms with van der Waals surface area (Å²) in [5.41, 5.74) is 2.65. The standard InChI is InChI=1S/C24H39N3/c1-2-3-4-5-6-7-8-9-10-11-17-26-18-20-27(21-19-26)24-14-12-13-23-22(24)15-16-25-23/h12-16,25H,2-11,17-21H2,1H3. The number of benzene rings is 1. The summed E-state index contributed by atoms with van der Waals surface area (Å²) < 4.78 is 0. The molecule has 2 heterocycles. The Balaban J connectivity index is 1.25. The summed E-state index contributed by atoms with van der Waals surface area (Å²) in [6.45, 7) is 8.31. The van der Waals surface area contributed by atoms with Gasteiger partial charge in [-0.1, -0.05) is 70.8 Å². The maximum atomic E-state index is 3.33. The van der Waals surface area contributed by atoms with Gasteiger partial charge in [-0.2, -0.15) is 0 Å². The average molecular weight is 370 g/mol. The van der Waals surface area contributed by atoms with E-state index in [2.05, 4.69) is 52.2 Å². The van der Waals surface area contributed by atoms with Gasteiger partial charge >= 0.3 is 0 Å². The van der Waals surface area contributed by atoms with Crippen LogP contribution >= 0.6 is 0 Å². The normalized spacial score (nSPS) is 15.7. The van der Waals surface area contributed by atoms with Gasteiger partial charge in [0.2, 0.25) is 0 Å². The Morgan fingerprint density at radius 2 is 1.44 bits per heavy atom. The smallest absolute Gasteiger partial charge is 0.0474 e. The van der Waals surface area contributed by atoms with Crippen LogP contribution in [0.1, 0.15) is 71.1 Å². The third kappa shape index (κ3) is 6.27. The van der Waals surface area contributed by atoms with Crippen LogP contribution in [0.2, 0.25) is 0 Å². The molecule has 1 N–H and O–H groups in total. The topological polar surface area (TPSA) is 22.3 Å². The molecule has 3 heteroatoms. The summed E-state index contributed by atoms with van der Waals surface area (Å²) >= 11 is 0. The van der Waals surface area contributed by atoms with E-state index in [1.165, 1.54) is 100 Å². The Hall–Kier alpha value is -1.48. The minimum Gasteiger partial charge on any atom is -0.368 e. The average Bonchev–Trinajstić information content (AvgIpc) is 3.19. The molecule has 27 heavy (non-hydrogen) atoms. The number of aromatic nitrogens is 1. The van der Waals surface area contributed by atoms with Crippen molar-refractivity contribution >= 4 is 16.6 Å². The number of rotatable bonds is 12. The molecule has 3 rings (SSSR count). The maximum absolute atomic E-state index is 3.33. The maximum Gasteiger partial charge on any atom is 0.0474 e. The van der Waals surface area contributed by atoms with E-state index >= 15 is 0 Å². The second-order valence-corrected chi connectivity index (χ2v) is 8.23. The Bertz CT molecular complexity index is 640. The molecular formula is C24H39N3. The zero-order valence-electron chi connectivity index (χ0n) is 17.4. The molecule has 0 bridgehead atoms. The molecule has 3 nitrogen and oxygen atoms in total. The van der Waals surface area contributed by atoms with Gasteiger partial charge in [0.15, 0.2) is 0 Å². The van der Waals surface area contributed by atoms with E-state index in [0.29, 0.717) is 0 Å². The highest BCUT2D eigenvalue weighted by Crippen LogP contribution is 2.27. The largest absolute Gasteiger partial charge is 0.368 e. The van der Waals surface area contributed by atoms with Crippen molar-refractivity contribution in [1.82, 2.24) is 9.88 Å². The SMILES string of the molecule is CCCCCCCCCCCCN1CCN(c2cccc3[nH]ccc23)CC1. The molecule has 0 saturated carbocycles. The van der Waals surface area contributed by atoms with Crippen molar-refractivity contribution in [2.24, 2.45) is 0 Å². The number of hydrogen-bond donors (Lipinski definition) is 1. The van der Waals surface area contributed by atoms with Gasteiger partial charge in [-0.05, 0) is 31.2 Å². The van der Waals surface area contributed by atoms with E-state index in [1.54, 1.807) is 0 Å². The number of aromatic amines is 1. The number of hydrogen-bond acceptors (Lipinski definition) is 2. The third-order valence-corrected chi connectivity index (χ3v) is 6.11. The first-order valence-electron chi connectivity index (χ1n) is 11.4. The third-order valence-electron chi connectivity index (χ3n) is 6.11. The highest BCUT2D eigenvalue weighted by Gasteiger charge is 2.18. The van der Waals surface area contributed by atoms with E-state index in [4.69, 9.17) is 0 Å². The van der Waals surface area contributed by atoms with Gasteiger partial charge in [-0.15, -0.1) is 0 Å². The van der Waals surface area contributed by atoms with Crippen molar-refractivity contribution in [1.29, 1.82) is 0 Å². The molecule has 0 aliphatic carbocycles. The first-order chi connectivity index (χ1) is 13.4. The Morgan fingerprint density at radius 3 is 2.15 bits per heavy atom. The van der Waals surface area contributed by atoms with Crippen LogP contribution in [0, 0.1) is 0 Å². The monoisotopic (exact) mass is 369 g/mol. The minimum atomic E-state index is 1.15. The van der Waals surface area contributed by atoms with E-state index in [9.17, 15) is 0 Å². The lowest BCUT2D eigenvalue weighted by Gasteiger charge is -2.36.